The number of para-hydroxylation sites is 1. The molecule has 0 saturated heterocycles. The van der Waals surface area contributed by atoms with Crippen LogP contribution in [0.3, 0.4) is 0 Å². The van der Waals surface area contributed by atoms with Gasteiger partial charge >= 0.3 is 0 Å². The fourth-order valence-electron chi connectivity index (χ4n) is 5.81. The van der Waals surface area contributed by atoms with E-state index < -0.39 is 0 Å². The molecule has 0 atom stereocenters. The van der Waals surface area contributed by atoms with E-state index in [-0.39, 0.29) is 0 Å². The van der Waals surface area contributed by atoms with E-state index in [1.807, 2.05) is 0 Å². The molecule has 8 rings (SSSR count). The standard InChI is InChI=1S/C34H20O/c1-2-11-25-21(7-1)17-18-24-20-31-23(19-30(24)25)10-4-12-26(31)28-14-6-15-29-27-13-3-8-22-9-5-16-32(33(22)27)35-34(28)29/h1-20H. The summed E-state index contributed by atoms with van der Waals surface area (Å²) in [4.78, 5) is 0. The van der Waals surface area contributed by atoms with Crippen LogP contribution in [0.1, 0.15) is 0 Å². The second kappa shape index (κ2) is 6.94. The monoisotopic (exact) mass is 444 g/mol. The Hall–Kier alpha value is -4.62. The van der Waals surface area contributed by atoms with E-state index in [1.165, 1.54) is 54.2 Å². The Morgan fingerprint density at radius 1 is 0.371 bits per heavy atom. The smallest absolute Gasteiger partial charge is 0.143 e. The van der Waals surface area contributed by atoms with Gasteiger partial charge in [0.1, 0.15) is 11.5 Å². The number of benzene rings is 7. The maximum Gasteiger partial charge on any atom is 0.143 e. The van der Waals surface area contributed by atoms with E-state index in [9.17, 15) is 0 Å². The second-order valence-corrected chi connectivity index (χ2v) is 9.33. The van der Waals surface area contributed by atoms with Crippen molar-refractivity contribution in [2.24, 2.45) is 0 Å². The number of hydrogen-bond donors (Lipinski definition) is 0. The van der Waals surface area contributed by atoms with Crippen LogP contribution < -0.4 is 4.74 Å². The van der Waals surface area contributed by atoms with Gasteiger partial charge in [0.05, 0.1) is 0 Å². The summed E-state index contributed by atoms with van der Waals surface area (Å²) in [5.74, 6) is 1.86. The molecule has 35 heavy (non-hydrogen) atoms. The summed E-state index contributed by atoms with van der Waals surface area (Å²) < 4.78 is 6.63. The number of rotatable bonds is 1. The molecule has 0 N–H and O–H groups in total. The van der Waals surface area contributed by atoms with Gasteiger partial charge in [-0.25, -0.2) is 0 Å². The molecule has 1 aliphatic heterocycles. The van der Waals surface area contributed by atoms with Crippen molar-refractivity contribution in [3.8, 4) is 33.8 Å². The molecule has 0 amide bonds. The minimum atomic E-state index is 0.926. The van der Waals surface area contributed by atoms with Crippen molar-refractivity contribution in [1.82, 2.24) is 0 Å². The fraction of sp³-hybridized carbons (Fsp3) is 0. The molecule has 7 aromatic rings. The van der Waals surface area contributed by atoms with Crippen LogP contribution in [0.25, 0.3) is 65.3 Å². The van der Waals surface area contributed by atoms with E-state index in [4.69, 9.17) is 4.74 Å². The van der Waals surface area contributed by atoms with Gasteiger partial charge in [-0.1, -0.05) is 103 Å². The van der Waals surface area contributed by atoms with Crippen molar-refractivity contribution >= 4 is 43.1 Å². The van der Waals surface area contributed by atoms with Crippen LogP contribution in [-0.4, -0.2) is 0 Å². The molecular formula is C34H20O. The van der Waals surface area contributed by atoms with E-state index in [1.54, 1.807) is 0 Å². The van der Waals surface area contributed by atoms with Crippen LogP contribution >= 0.6 is 0 Å². The maximum atomic E-state index is 6.63. The topological polar surface area (TPSA) is 9.23 Å². The summed E-state index contributed by atoms with van der Waals surface area (Å²) >= 11 is 0. The molecule has 1 heteroatoms. The summed E-state index contributed by atoms with van der Waals surface area (Å²) in [7, 11) is 0. The normalized spacial score (nSPS) is 12.2. The van der Waals surface area contributed by atoms with Gasteiger partial charge in [-0.05, 0) is 67.0 Å². The Morgan fingerprint density at radius 2 is 0.971 bits per heavy atom. The zero-order valence-corrected chi connectivity index (χ0v) is 19.0. The van der Waals surface area contributed by atoms with Gasteiger partial charge in [-0.3, -0.25) is 0 Å². The lowest BCUT2D eigenvalue weighted by Gasteiger charge is -2.24. The summed E-state index contributed by atoms with van der Waals surface area (Å²) in [6, 6.07) is 43.7. The highest BCUT2D eigenvalue weighted by Crippen LogP contribution is 2.51. The van der Waals surface area contributed by atoms with Crippen molar-refractivity contribution in [3.05, 3.63) is 121 Å². The third kappa shape index (κ3) is 2.64. The van der Waals surface area contributed by atoms with Gasteiger partial charge in [-0.2, -0.15) is 0 Å². The van der Waals surface area contributed by atoms with Crippen molar-refractivity contribution in [1.29, 1.82) is 0 Å². The highest BCUT2D eigenvalue weighted by Gasteiger charge is 2.23. The minimum absolute atomic E-state index is 0.926. The number of hydrogen-bond acceptors (Lipinski definition) is 1. The Balaban J connectivity index is 1.42. The predicted octanol–water partition coefficient (Wildman–Crippen LogP) is 9.74. The Labute approximate surface area is 202 Å². The average molecular weight is 445 g/mol. The first kappa shape index (κ1) is 18.8. The molecule has 1 aliphatic rings. The minimum Gasteiger partial charge on any atom is -0.455 e. The Morgan fingerprint density at radius 3 is 1.89 bits per heavy atom. The first-order chi connectivity index (χ1) is 17.3. The molecule has 162 valence electrons. The second-order valence-electron chi connectivity index (χ2n) is 9.33. The molecular weight excluding hydrogens is 424 g/mol. The molecule has 0 saturated carbocycles. The van der Waals surface area contributed by atoms with Gasteiger partial charge in [0.2, 0.25) is 0 Å². The summed E-state index contributed by atoms with van der Waals surface area (Å²) in [6.07, 6.45) is 0. The molecule has 0 fully saturated rings. The first-order valence-corrected chi connectivity index (χ1v) is 12.0. The third-order valence-electron chi connectivity index (χ3n) is 7.42. The SMILES string of the molecule is c1cc(-c2cccc3cc4c(ccc5ccccc54)cc23)c2c(c1)-c1cccc3cccc(c13)O2. The number of fused-ring (bicyclic) bond motifs is 6. The van der Waals surface area contributed by atoms with Gasteiger partial charge in [0.25, 0.3) is 0 Å². The lowest BCUT2D eigenvalue weighted by molar-refractivity contribution is 0.489. The van der Waals surface area contributed by atoms with Crippen molar-refractivity contribution < 1.29 is 4.74 Å². The predicted molar refractivity (Wildman–Crippen MR) is 147 cm³/mol. The van der Waals surface area contributed by atoms with E-state index >= 15 is 0 Å². The van der Waals surface area contributed by atoms with Crippen molar-refractivity contribution in [3.63, 3.8) is 0 Å². The highest BCUT2D eigenvalue weighted by atomic mass is 16.5. The molecule has 0 radical (unpaired) electrons. The van der Waals surface area contributed by atoms with E-state index in [0.717, 1.165) is 22.6 Å². The largest absolute Gasteiger partial charge is 0.455 e. The number of ether oxygens (including phenoxy) is 1. The Bertz CT molecular complexity index is 1970. The van der Waals surface area contributed by atoms with Gasteiger partial charge < -0.3 is 4.74 Å². The molecule has 1 heterocycles. The molecule has 0 aliphatic carbocycles. The van der Waals surface area contributed by atoms with Crippen LogP contribution in [0.4, 0.5) is 0 Å². The molecule has 0 aromatic heterocycles. The quantitative estimate of drug-likeness (QED) is 0.181. The molecule has 0 unspecified atom stereocenters. The summed E-state index contributed by atoms with van der Waals surface area (Å²) in [5, 5.41) is 9.99. The van der Waals surface area contributed by atoms with Crippen molar-refractivity contribution in [2.45, 2.75) is 0 Å². The summed E-state index contributed by atoms with van der Waals surface area (Å²) in [6.45, 7) is 0. The lowest BCUT2D eigenvalue weighted by atomic mass is 9.89. The highest BCUT2D eigenvalue weighted by molar-refractivity contribution is 6.15. The van der Waals surface area contributed by atoms with Crippen LogP contribution in [0.15, 0.2) is 121 Å². The third-order valence-corrected chi connectivity index (χ3v) is 7.42. The van der Waals surface area contributed by atoms with E-state index in [2.05, 4.69) is 121 Å². The Kier molecular flexibility index (Phi) is 3.72. The first-order valence-electron chi connectivity index (χ1n) is 12.0. The van der Waals surface area contributed by atoms with Gasteiger partial charge in [-0.15, -0.1) is 0 Å². The van der Waals surface area contributed by atoms with Crippen LogP contribution in [0.2, 0.25) is 0 Å². The zero-order valence-electron chi connectivity index (χ0n) is 19.0. The molecule has 0 spiro atoms. The van der Waals surface area contributed by atoms with Gasteiger partial charge in [0, 0.05) is 16.5 Å². The van der Waals surface area contributed by atoms with Gasteiger partial charge in [0.15, 0.2) is 0 Å². The summed E-state index contributed by atoms with van der Waals surface area (Å²) in [5.41, 5.74) is 4.70. The van der Waals surface area contributed by atoms with E-state index in [0.29, 0.717) is 0 Å². The van der Waals surface area contributed by atoms with Crippen LogP contribution in [-0.2, 0) is 0 Å². The van der Waals surface area contributed by atoms with Crippen molar-refractivity contribution in [2.75, 3.05) is 0 Å². The van der Waals surface area contributed by atoms with Crippen LogP contribution in [0, 0.1) is 0 Å². The van der Waals surface area contributed by atoms with Crippen LogP contribution in [0.5, 0.6) is 11.5 Å². The zero-order chi connectivity index (χ0) is 22.9. The maximum absolute atomic E-state index is 6.63. The fourth-order valence-corrected chi connectivity index (χ4v) is 5.81. The molecule has 1 nitrogen and oxygen atoms in total. The average Bonchev–Trinajstić information content (AvgIpc) is 2.92. The molecule has 7 aromatic carbocycles. The lowest BCUT2D eigenvalue weighted by Crippen LogP contribution is -1.99. The molecule has 0 bridgehead atoms.